The Morgan fingerprint density at radius 3 is 2.73 bits per heavy atom. The number of phenolic OH excluding ortho intramolecular Hbond substituents is 1. The van der Waals surface area contributed by atoms with Gasteiger partial charge in [0.15, 0.2) is 0 Å². The number of rotatable bonds is 7. The zero-order chi connectivity index (χ0) is 23.5. The van der Waals surface area contributed by atoms with Crippen molar-refractivity contribution in [3.05, 3.63) is 63.9 Å². The molecule has 1 aliphatic rings. The first-order chi connectivity index (χ1) is 15.8. The Bertz CT molecular complexity index is 1180. The van der Waals surface area contributed by atoms with Crippen LogP contribution in [0.5, 0.6) is 5.75 Å². The predicted octanol–water partition coefficient (Wildman–Crippen LogP) is 6.30. The molecule has 1 fully saturated rings. The van der Waals surface area contributed by atoms with Crippen molar-refractivity contribution in [3.8, 4) is 28.1 Å². The number of aryl methyl sites for hydroxylation is 1. The van der Waals surface area contributed by atoms with Crippen LogP contribution in [0.3, 0.4) is 0 Å². The molecule has 1 saturated heterocycles. The second kappa shape index (κ2) is 9.98. The fourth-order valence-corrected chi connectivity index (χ4v) is 4.41. The highest BCUT2D eigenvalue weighted by Gasteiger charge is 2.19. The minimum atomic E-state index is -0.454. The molecular weight excluding hydrogens is 464 g/mol. The van der Waals surface area contributed by atoms with Crippen molar-refractivity contribution in [2.45, 2.75) is 26.2 Å². The van der Waals surface area contributed by atoms with E-state index >= 15 is 0 Å². The van der Waals surface area contributed by atoms with Gasteiger partial charge in [-0.05, 0) is 67.3 Å². The molecule has 0 bridgehead atoms. The summed E-state index contributed by atoms with van der Waals surface area (Å²) < 4.78 is 14.7. The lowest BCUT2D eigenvalue weighted by molar-refractivity contribution is -0.127. The molecule has 0 saturated carbocycles. The summed E-state index contributed by atoms with van der Waals surface area (Å²) in [6.45, 7) is 3.85. The van der Waals surface area contributed by atoms with Gasteiger partial charge in [0.25, 0.3) is 0 Å². The average molecular weight is 488 g/mol. The highest BCUT2D eigenvalue weighted by Crippen LogP contribution is 2.38. The lowest BCUT2D eigenvalue weighted by Gasteiger charge is -2.16. The molecular formula is C25H24Cl2FN3O2. The maximum Gasteiger partial charge on any atom is 0.222 e. The van der Waals surface area contributed by atoms with E-state index in [1.54, 1.807) is 43.3 Å². The minimum absolute atomic E-state index is 0.0275. The number of carbonyl (C=O) groups excluding carboxylic acids is 1. The highest BCUT2D eigenvalue weighted by molar-refractivity contribution is 6.33. The van der Waals surface area contributed by atoms with E-state index in [2.05, 4.69) is 10.3 Å². The van der Waals surface area contributed by atoms with Gasteiger partial charge in [-0.3, -0.25) is 4.79 Å². The number of benzene rings is 2. The number of aromatic hydroxyl groups is 1. The molecule has 2 N–H and O–H groups in total. The molecule has 1 aliphatic heterocycles. The molecule has 0 radical (unpaired) electrons. The summed E-state index contributed by atoms with van der Waals surface area (Å²) in [4.78, 5) is 18.3. The highest BCUT2D eigenvalue weighted by atomic mass is 35.5. The molecule has 3 aromatic rings. The number of halogens is 3. The van der Waals surface area contributed by atoms with Gasteiger partial charge < -0.3 is 15.3 Å². The average Bonchev–Trinajstić information content (AvgIpc) is 3.18. The third-order valence-corrected chi connectivity index (χ3v) is 6.43. The largest absolute Gasteiger partial charge is 0.507 e. The normalized spacial score (nSPS) is 13.6. The lowest BCUT2D eigenvalue weighted by Crippen LogP contribution is -2.27. The number of phenols is 1. The van der Waals surface area contributed by atoms with Gasteiger partial charge in [-0.1, -0.05) is 29.3 Å². The van der Waals surface area contributed by atoms with Crippen molar-refractivity contribution in [2.75, 3.05) is 25.0 Å². The number of nitrogens with zero attached hydrogens (tertiary/aromatic N) is 2. The Hall–Kier alpha value is -2.83. The van der Waals surface area contributed by atoms with E-state index in [1.807, 2.05) is 4.90 Å². The van der Waals surface area contributed by atoms with Crippen LogP contribution >= 0.6 is 23.2 Å². The quantitative estimate of drug-likeness (QED) is 0.383. The third kappa shape index (κ3) is 5.23. The van der Waals surface area contributed by atoms with Gasteiger partial charge in [-0.2, -0.15) is 0 Å². The second-order valence-electron chi connectivity index (χ2n) is 8.11. The van der Waals surface area contributed by atoms with E-state index in [1.165, 1.54) is 6.07 Å². The number of pyridine rings is 1. The van der Waals surface area contributed by atoms with Crippen molar-refractivity contribution < 1.29 is 14.3 Å². The van der Waals surface area contributed by atoms with Crippen LogP contribution in [0.1, 0.15) is 24.8 Å². The zero-order valence-corrected chi connectivity index (χ0v) is 19.7. The van der Waals surface area contributed by atoms with E-state index in [0.717, 1.165) is 24.9 Å². The maximum atomic E-state index is 14.7. The van der Waals surface area contributed by atoms with Gasteiger partial charge in [-0.15, -0.1) is 0 Å². The minimum Gasteiger partial charge on any atom is -0.507 e. The van der Waals surface area contributed by atoms with E-state index in [4.69, 9.17) is 23.2 Å². The number of anilines is 1. The number of carbonyl (C=O) groups is 1. The molecule has 0 aliphatic carbocycles. The van der Waals surface area contributed by atoms with Crippen LogP contribution in [0.25, 0.3) is 22.4 Å². The van der Waals surface area contributed by atoms with Crippen molar-refractivity contribution in [2.24, 2.45) is 0 Å². The van der Waals surface area contributed by atoms with E-state index < -0.39 is 5.82 Å². The fourth-order valence-electron chi connectivity index (χ4n) is 3.98. The Morgan fingerprint density at radius 1 is 1.18 bits per heavy atom. The van der Waals surface area contributed by atoms with Gasteiger partial charge in [0, 0.05) is 42.2 Å². The number of hydrogen-bond acceptors (Lipinski definition) is 4. The van der Waals surface area contributed by atoms with Crippen molar-refractivity contribution in [3.63, 3.8) is 0 Å². The SMILES string of the molecule is Cc1cc(O)c(-c2cc(-c3c(F)cccc3Cl)cc(NCCCN3CCCC3=O)n2)cc1Cl. The number of aromatic nitrogens is 1. The van der Waals surface area contributed by atoms with Crippen LogP contribution in [-0.4, -0.2) is 40.5 Å². The number of amides is 1. The van der Waals surface area contributed by atoms with Crippen LogP contribution in [0.15, 0.2) is 42.5 Å². The van der Waals surface area contributed by atoms with Crippen molar-refractivity contribution in [1.29, 1.82) is 0 Å². The van der Waals surface area contributed by atoms with Gasteiger partial charge in [0.05, 0.1) is 10.7 Å². The molecule has 172 valence electrons. The summed E-state index contributed by atoms with van der Waals surface area (Å²) in [7, 11) is 0. The van der Waals surface area contributed by atoms with E-state index in [-0.39, 0.29) is 22.2 Å². The van der Waals surface area contributed by atoms with Crippen LogP contribution in [0, 0.1) is 12.7 Å². The van der Waals surface area contributed by atoms with Crippen LogP contribution in [0.4, 0.5) is 10.2 Å². The summed E-state index contributed by atoms with van der Waals surface area (Å²) in [5, 5.41) is 14.6. The number of likely N-dealkylation sites (tertiary alicyclic amines) is 1. The van der Waals surface area contributed by atoms with Gasteiger partial charge in [0.1, 0.15) is 17.4 Å². The maximum absolute atomic E-state index is 14.7. The standard InChI is InChI=1S/C25H24Cl2FN3O2/c1-15-11-22(32)17(14-19(15)27)21-12-16(25-18(26)5-2-6-20(25)28)13-23(30-21)29-8-4-10-31-9-3-7-24(31)33/h2,5-6,11-14,32H,3-4,7-10H2,1H3,(H,29,30). The zero-order valence-electron chi connectivity index (χ0n) is 18.2. The summed E-state index contributed by atoms with van der Waals surface area (Å²) in [6, 6.07) is 11.1. The molecule has 0 unspecified atom stereocenters. The molecule has 33 heavy (non-hydrogen) atoms. The summed E-state index contributed by atoms with van der Waals surface area (Å²) in [6.07, 6.45) is 2.27. The molecule has 8 heteroatoms. The van der Waals surface area contributed by atoms with E-state index in [0.29, 0.717) is 47.2 Å². The molecule has 1 aromatic heterocycles. The fraction of sp³-hybridized carbons (Fsp3) is 0.280. The smallest absolute Gasteiger partial charge is 0.222 e. The second-order valence-corrected chi connectivity index (χ2v) is 8.92. The summed E-state index contributed by atoms with van der Waals surface area (Å²) in [5.41, 5.74) is 2.39. The first-order valence-corrected chi connectivity index (χ1v) is 11.6. The van der Waals surface area contributed by atoms with Crippen molar-refractivity contribution in [1.82, 2.24) is 9.88 Å². The molecule has 5 nitrogen and oxygen atoms in total. The van der Waals surface area contributed by atoms with Gasteiger partial charge >= 0.3 is 0 Å². The predicted molar refractivity (Wildman–Crippen MR) is 130 cm³/mol. The monoisotopic (exact) mass is 487 g/mol. The topological polar surface area (TPSA) is 65.5 Å². The number of nitrogens with one attached hydrogen (secondary N) is 1. The Kier molecular flexibility index (Phi) is 7.05. The first kappa shape index (κ1) is 23.3. The summed E-state index contributed by atoms with van der Waals surface area (Å²) >= 11 is 12.6. The van der Waals surface area contributed by atoms with Crippen LogP contribution in [-0.2, 0) is 4.79 Å². The molecule has 2 aromatic carbocycles. The third-order valence-electron chi connectivity index (χ3n) is 5.71. The first-order valence-electron chi connectivity index (χ1n) is 10.8. The molecule has 4 rings (SSSR count). The van der Waals surface area contributed by atoms with Gasteiger partial charge in [-0.25, -0.2) is 9.37 Å². The Labute approximate surface area is 202 Å². The number of hydrogen-bond donors (Lipinski definition) is 2. The van der Waals surface area contributed by atoms with E-state index in [9.17, 15) is 14.3 Å². The van der Waals surface area contributed by atoms with Gasteiger partial charge in [0.2, 0.25) is 5.91 Å². The Balaban J connectivity index is 1.66. The Morgan fingerprint density at radius 2 is 2.00 bits per heavy atom. The van der Waals surface area contributed by atoms with Crippen LogP contribution < -0.4 is 5.32 Å². The van der Waals surface area contributed by atoms with Crippen LogP contribution in [0.2, 0.25) is 10.0 Å². The summed E-state index contributed by atoms with van der Waals surface area (Å²) in [5.74, 6) is 0.271. The molecule has 2 heterocycles. The van der Waals surface area contributed by atoms with Crippen molar-refractivity contribution >= 4 is 34.9 Å². The molecule has 0 atom stereocenters. The molecule has 1 amide bonds. The molecule has 0 spiro atoms. The lowest BCUT2D eigenvalue weighted by atomic mass is 10.0.